The number of thiazole rings is 1. The van der Waals surface area contributed by atoms with E-state index in [2.05, 4.69) is 21.7 Å². The van der Waals surface area contributed by atoms with Gasteiger partial charge in [-0.05, 0) is 48.6 Å². The minimum Gasteiger partial charge on any atom is -0.344 e. The second-order valence-electron chi connectivity index (χ2n) is 6.54. The van der Waals surface area contributed by atoms with Gasteiger partial charge in [0, 0.05) is 0 Å². The first kappa shape index (κ1) is 20.4. The SMILES string of the molecule is CSCCC(NC(=O)Cc1ccccc1)C(=O)Nc1nc2ccc(C)cc2s1. The van der Waals surface area contributed by atoms with Crippen molar-refractivity contribution in [3.8, 4) is 0 Å². The normalized spacial score (nSPS) is 11.9. The second kappa shape index (κ2) is 9.71. The van der Waals surface area contributed by atoms with Gasteiger partial charge in [0.25, 0.3) is 0 Å². The summed E-state index contributed by atoms with van der Waals surface area (Å²) in [6, 6.07) is 14.9. The molecule has 1 unspecified atom stereocenters. The van der Waals surface area contributed by atoms with Crippen molar-refractivity contribution in [2.24, 2.45) is 0 Å². The minimum atomic E-state index is -0.586. The molecule has 0 aliphatic heterocycles. The van der Waals surface area contributed by atoms with Gasteiger partial charge in [0.15, 0.2) is 5.13 Å². The van der Waals surface area contributed by atoms with Crippen LogP contribution in [0.4, 0.5) is 5.13 Å². The number of nitrogens with one attached hydrogen (secondary N) is 2. The standard InChI is InChI=1S/C21H23N3O2S2/c1-14-8-9-16-18(12-14)28-21(23-16)24-20(26)17(10-11-27-2)22-19(25)13-15-6-4-3-5-7-15/h3-9,12,17H,10-11,13H2,1-2H3,(H,22,25)(H,23,24,26). The largest absolute Gasteiger partial charge is 0.344 e. The Morgan fingerprint density at radius 1 is 1.18 bits per heavy atom. The molecule has 0 fully saturated rings. The fourth-order valence-corrected chi connectivity index (χ4v) is 4.25. The third kappa shape index (κ3) is 5.56. The average molecular weight is 414 g/mol. The number of thioether (sulfide) groups is 1. The molecule has 0 saturated carbocycles. The van der Waals surface area contributed by atoms with Gasteiger partial charge in [-0.25, -0.2) is 4.98 Å². The number of hydrogen-bond acceptors (Lipinski definition) is 5. The first-order chi connectivity index (χ1) is 13.5. The summed E-state index contributed by atoms with van der Waals surface area (Å²) in [6.45, 7) is 2.03. The van der Waals surface area contributed by atoms with Crippen LogP contribution in [0.3, 0.4) is 0 Å². The van der Waals surface area contributed by atoms with E-state index in [1.807, 2.05) is 55.6 Å². The van der Waals surface area contributed by atoms with Crippen molar-refractivity contribution in [2.45, 2.75) is 25.8 Å². The van der Waals surface area contributed by atoms with Crippen LogP contribution in [0.5, 0.6) is 0 Å². The fourth-order valence-electron chi connectivity index (χ4n) is 2.81. The molecule has 0 radical (unpaired) electrons. The lowest BCUT2D eigenvalue weighted by Gasteiger charge is -2.17. The van der Waals surface area contributed by atoms with Crippen LogP contribution in [0, 0.1) is 6.92 Å². The minimum absolute atomic E-state index is 0.160. The molecule has 0 aliphatic rings. The van der Waals surface area contributed by atoms with Crippen LogP contribution in [0.1, 0.15) is 17.5 Å². The van der Waals surface area contributed by atoms with Gasteiger partial charge in [-0.1, -0.05) is 47.7 Å². The molecule has 1 heterocycles. The third-order valence-electron chi connectivity index (χ3n) is 4.24. The summed E-state index contributed by atoms with van der Waals surface area (Å²) in [4.78, 5) is 29.7. The number of carbonyl (C=O) groups is 2. The molecule has 0 bridgehead atoms. The lowest BCUT2D eigenvalue weighted by Crippen LogP contribution is -2.44. The van der Waals surface area contributed by atoms with Crippen LogP contribution in [0.25, 0.3) is 10.2 Å². The van der Waals surface area contributed by atoms with Crippen LogP contribution in [0.2, 0.25) is 0 Å². The lowest BCUT2D eigenvalue weighted by molar-refractivity contribution is -0.126. The van der Waals surface area contributed by atoms with E-state index in [0.717, 1.165) is 27.1 Å². The van der Waals surface area contributed by atoms with Gasteiger partial charge < -0.3 is 10.6 Å². The highest BCUT2D eigenvalue weighted by Gasteiger charge is 2.21. The maximum absolute atomic E-state index is 12.8. The quantitative estimate of drug-likeness (QED) is 0.585. The van der Waals surface area contributed by atoms with Gasteiger partial charge in [-0.2, -0.15) is 11.8 Å². The number of aromatic nitrogens is 1. The summed E-state index contributed by atoms with van der Waals surface area (Å²) in [5.41, 5.74) is 2.94. The lowest BCUT2D eigenvalue weighted by atomic mass is 10.1. The third-order valence-corrected chi connectivity index (χ3v) is 5.82. The summed E-state index contributed by atoms with van der Waals surface area (Å²) < 4.78 is 1.03. The van der Waals surface area contributed by atoms with Crippen molar-refractivity contribution < 1.29 is 9.59 Å². The Hall–Kier alpha value is -2.38. The highest BCUT2D eigenvalue weighted by molar-refractivity contribution is 7.98. The Morgan fingerprint density at radius 2 is 1.96 bits per heavy atom. The van der Waals surface area contributed by atoms with Crippen LogP contribution in [0.15, 0.2) is 48.5 Å². The van der Waals surface area contributed by atoms with Crippen molar-refractivity contribution in [3.05, 3.63) is 59.7 Å². The zero-order valence-electron chi connectivity index (χ0n) is 15.9. The van der Waals surface area contributed by atoms with Gasteiger partial charge in [-0.15, -0.1) is 0 Å². The van der Waals surface area contributed by atoms with Gasteiger partial charge >= 0.3 is 0 Å². The molecule has 1 aromatic heterocycles. The van der Waals surface area contributed by atoms with E-state index < -0.39 is 6.04 Å². The number of nitrogens with zero attached hydrogens (tertiary/aromatic N) is 1. The molecule has 146 valence electrons. The molecule has 28 heavy (non-hydrogen) atoms. The van der Waals surface area contributed by atoms with E-state index in [9.17, 15) is 9.59 Å². The zero-order chi connectivity index (χ0) is 19.9. The van der Waals surface area contributed by atoms with Crippen molar-refractivity contribution in [3.63, 3.8) is 0 Å². The van der Waals surface area contributed by atoms with Crippen LogP contribution < -0.4 is 10.6 Å². The molecule has 2 aromatic carbocycles. The first-order valence-corrected chi connectivity index (χ1v) is 11.3. The van der Waals surface area contributed by atoms with Crippen molar-refractivity contribution in [1.82, 2.24) is 10.3 Å². The Kier molecular flexibility index (Phi) is 7.06. The second-order valence-corrected chi connectivity index (χ2v) is 8.56. The molecule has 0 spiro atoms. The van der Waals surface area contributed by atoms with Crippen molar-refractivity contribution in [1.29, 1.82) is 0 Å². The molecule has 7 heteroatoms. The number of aryl methyl sites for hydroxylation is 1. The van der Waals surface area contributed by atoms with E-state index in [-0.39, 0.29) is 18.2 Å². The van der Waals surface area contributed by atoms with Gasteiger partial charge in [-0.3, -0.25) is 9.59 Å². The predicted molar refractivity (Wildman–Crippen MR) is 118 cm³/mol. The van der Waals surface area contributed by atoms with Gasteiger partial charge in [0.05, 0.1) is 16.6 Å². The number of fused-ring (bicyclic) bond motifs is 1. The Balaban J connectivity index is 1.66. The molecule has 1 atom stereocenters. The first-order valence-electron chi connectivity index (χ1n) is 9.05. The fraction of sp³-hybridized carbons (Fsp3) is 0.286. The topological polar surface area (TPSA) is 71.1 Å². The van der Waals surface area contributed by atoms with Gasteiger partial charge in [0.1, 0.15) is 6.04 Å². The molecule has 2 N–H and O–H groups in total. The number of hydrogen-bond donors (Lipinski definition) is 2. The summed E-state index contributed by atoms with van der Waals surface area (Å²) in [5, 5.41) is 6.30. The van der Waals surface area contributed by atoms with E-state index in [0.29, 0.717) is 11.6 Å². The number of carbonyl (C=O) groups excluding carboxylic acids is 2. The highest BCUT2D eigenvalue weighted by atomic mass is 32.2. The molecule has 3 aromatic rings. The number of anilines is 1. The predicted octanol–water partition coefficient (Wildman–Crippen LogP) is 4.02. The average Bonchev–Trinajstić information content (AvgIpc) is 3.07. The number of rotatable bonds is 8. The Bertz CT molecular complexity index is 957. The van der Waals surface area contributed by atoms with E-state index in [4.69, 9.17) is 0 Å². The summed E-state index contributed by atoms with van der Waals surface area (Å²) in [5.74, 6) is 0.390. The Morgan fingerprint density at radius 3 is 2.71 bits per heavy atom. The molecule has 3 rings (SSSR count). The smallest absolute Gasteiger partial charge is 0.248 e. The number of amides is 2. The zero-order valence-corrected chi connectivity index (χ0v) is 17.5. The van der Waals surface area contributed by atoms with Crippen molar-refractivity contribution in [2.75, 3.05) is 17.3 Å². The molecule has 2 amide bonds. The molecule has 0 saturated heterocycles. The van der Waals surface area contributed by atoms with Gasteiger partial charge in [0.2, 0.25) is 11.8 Å². The highest BCUT2D eigenvalue weighted by Crippen LogP contribution is 2.26. The van der Waals surface area contributed by atoms with E-state index in [1.54, 1.807) is 11.8 Å². The molecule has 5 nitrogen and oxygen atoms in total. The van der Waals surface area contributed by atoms with E-state index in [1.165, 1.54) is 11.3 Å². The molecule has 0 aliphatic carbocycles. The summed E-state index contributed by atoms with van der Waals surface area (Å²) >= 11 is 3.09. The summed E-state index contributed by atoms with van der Waals surface area (Å²) in [7, 11) is 0. The number of benzene rings is 2. The van der Waals surface area contributed by atoms with Crippen molar-refractivity contribution >= 4 is 50.3 Å². The van der Waals surface area contributed by atoms with Crippen LogP contribution >= 0.6 is 23.1 Å². The van der Waals surface area contributed by atoms with E-state index >= 15 is 0 Å². The molecular formula is C21H23N3O2S2. The molecular weight excluding hydrogens is 390 g/mol. The maximum Gasteiger partial charge on any atom is 0.248 e. The van der Waals surface area contributed by atoms with Crippen LogP contribution in [-0.4, -0.2) is 34.8 Å². The summed E-state index contributed by atoms with van der Waals surface area (Å²) in [6.07, 6.45) is 2.80. The monoisotopic (exact) mass is 413 g/mol. The van der Waals surface area contributed by atoms with Crippen LogP contribution in [-0.2, 0) is 16.0 Å². The Labute approximate surface area is 172 Å². The maximum atomic E-state index is 12.8.